The number of ether oxygens (including phenoxy) is 1. The molecule has 0 heterocycles. The van der Waals surface area contributed by atoms with Gasteiger partial charge >= 0.3 is 0 Å². The third kappa shape index (κ3) is 7.71. The lowest BCUT2D eigenvalue weighted by Gasteiger charge is -2.38. The second-order valence-corrected chi connectivity index (χ2v) is 13.6. The van der Waals surface area contributed by atoms with Gasteiger partial charge in [0.1, 0.15) is 0 Å². The van der Waals surface area contributed by atoms with Gasteiger partial charge in [-0.2, -0.15) is 0 Å². The van der Waals surface area contributed by atoms with Crippen LogP contribution in [-0.4, -0.2) is 58.8 Å². The van der Waals surface area contributed by atoms with E-state index in [4.69, 9.17) is 9.16 Å². The van der Waals surface area contributed by atoms with Gasteiger partial charge in [0.25, 0.3) is 0 Å². The maximum atomic E-state index is 10.3. The van der Waals surface area contributed by atoms with Crippen LogP contribution in [0.4, 0.5) is 0 Å². The first-order chi connectivity index (χ1) is 9.21. The largest absolute Gasteiger partial charge is 0.414 e. The third-order valence-corrected chi connectivity index (χ3v) is 9.90. The van der Waals surface area contributed by atoms with Gasteiger partial charge in [-0.1, -0.05) is 43.4 Å². The van der Waals surface area contributed by atoms with E-state index < -0.39 is 26.3 Å². The molecule has 0 rings (SSSR count). The lowest BCUT2D eigenvalue weighted by atomic mass is 10.1. The molecule has 2 unspecified atom stereocenters. The monoisotopic (exact) mass is 434 g/mol. The number of hydrogen-bond acceptors (Lipinski definition) is 5. The van der Waals surface area contributed by atoms with Gasteiger partial charge in [-0.05, 0) is 32.0 Å². The van der Waals surface area contributed by atoms with Crippen LogP contribution in [0.5, 0.6) is 0 Å². The average molecular weight is 434 g/mol. The fraction of sp³-hybridized carbons (Fsp3) is 1.00. The highest BCUT2D eigenvalue weighted by molar-refractivity contribution is 14.1. The molecule has 3 N–H and O–H groups in total. The number of alkyl halides is 1. The van der Waals surface area contributed by atoms with Gasteiger partial charge in [-0.15, -0.1) is 0 Å². The Morgan fingerprint density at radius 2 is 1.62 bits per heavy atom. The van der Waals surface area contributed by atoms with Gasteiger partial charge in [-0.3, -0.25) is 0 Å². The van der Waals surface area contributed by atoms with Gasteiger partial charge in [0, 0.05) is 0 Å². The highest BCUT2D eigenvalue weighted by Gasteiger charge is 2.39. The first-order valence-corrected chi connectivity index (χ1v) is 11.3. The van der Waals surface area contributed by atoms with Crippen LogP contribution in [0.2, 0.25) is 18.1 Å². The van der Waals surface area contributed by atoms with Crippen LogP contribution < -0.4 is 0 Å². The molecule has 0 aromatic heterocycles. The lowest BCUT2D eigenvalue weighted by Crippen LogP contribution is -2.47. The fourth-order valence-corrected chi connectivity index (χ4v) is 3.03. The van der Waals surface area contributed by atoms with E-state index in [1.165, 1.54) is 13.8 Å². The van der Waals surface area contributed by atoms with Crippen molar-refractivity contribution in [3.8, 4) is 0 Å². The summed E-state index contributed by atoms with van der Waals surface area (Å²) in [5.74, 6) is -1.35. The summed E-state index contributed by atoms with van der Waals surface area (Å²) in [4.78, 5) is 0. The second kappa shape index (κ2) is 8.03. The molecule has 5 nitrogen and oxygen atoms in total. The van der Waals surface area contributed by atoms with E-state index in [1.807, 2.05) is 22.6 Å². The second-order valence-electron chi connectivity index (χ2n) is 7.37. The molecule has 21 heavy (non-hydrogen) atoms. The molecule has 3 atom stereocenters. The Hall–Kier alpha value is 0.747. The summed E-state index contributed by atoms with van der Waals surface area (Å²) in [6.45, 7) is 13.6. The predicted molar refractivity (Wildman–Crippen MR) is 95.2 cm³/mol. The van der Waals surface area contributed by atoms with Crippen molar-refractivity contribution in [2.45, 2.75) is 74.7 Å². The maximum absolute atomic E-state index is 10.3. The van der Waals surface area contributed by atoms with Crippen LogP contribution in [0.3, 0.4) is 0 Å². The number of hydrogen-bond donors (Lipinski definition) is 3. The first-order valence-electron chi connectivity index (χ1n) is 7.18. The molecule has 0 radical (unpaired) electrons. The number of halogens is 1. The molecule has 0 bridgehead atoms. The van der Waals surface area contributed by atoms with Crippen LogP contribution in [-0.2, 0) is 9.16 Å². The van der Waals surface area contributed by atoms with Gasteiger partial charge in [-0.25, -0.2) is 0 Å². The molecule has 7 heteroatoms. The van der Waals surface area contributed by atoms with E-state index in [0.29, 0.717) is 0 Å². The van der Waals surface area contributed by atoms with Crippen LogP contribution in [0.25, 0.3) is 0 Å². The summed E-state index contributed by atoms with van der Waals surface area (Å²) in [5.41, 5.74) is 0. The normalized spacial score (nSPS) is 18.4. The zero-order chi connectivity index (χ0) is 17.1. The molecule has 0 aromatic rings. The Morgan fingerprint density at radius 3 is 1.95 bits per heavy atom. The SMILES string of the molecule is CC(C)(O)OC(CO)C(I)[C@@H](O)CO[Si](C)(C)C(C)(C)C. The summed E-state index contributed by atoms with van der Waals surface area (Å²) >= 11 is 2.03. The zero-order valence-corrected chi connectivity index (χ0v) is 17.3. The summed E-state index contributed by atoms with van der Waals surface area (Å²) in [5, 5.41) is 29.4. The van der Waals surface area contributed by atoms with Crippen LogP contribution in [0.15, 0.2) is 0 Å². The first kappa shape index (κ1) is 21.7. The molecular formula is C14H31IO5Si. The predicted octanol–water partition coefficient (Wildman–Crippen LogP) is 2.28. The van der Waals surface area contributed by atoms with Crippen molar-refractivity contribution in [2.75, 3.05) is 13.2 Å². The number of rotatable bonds is 8. The highest BCUT2D eigenvalue weighted by atomic mass is 127. The van der Waals surface area contributed by atoms with Crippen molar-refractivity contribution >= 4 is 30.9 Å². The molecule has 0 aliphatic rings. The van der Waals surface area contributed by atoms with E-state index in [0.717, 1.165) is 0 Å². The Bertz CT molecular complexity index is 311. The molecule has 0 aliphatic carbocycles. The fourth-order valence-electron chi connectivity index (χ4n) is 1.42. The molecule has 0 aliphatic heterocycles. The van der Waals surface area contributed by atoms with Crippen molar-refractivity contribution < 1.29 is 24.5 Å². The summed E-state index contributed by atoms with van der Waals surface area (Å²) < 4.78 is 11.0. The topological polar surface area (TPSA) is 79.2 Å². The number of aliphatic hydroxyl groups excluding tert-OH is 2. The van der Waals surface area contributed by atoms with Crippen molar-refractivity contribution in [3.05, 3.63) is 0 Å². The summed E-state index contributed by atoms with van der Waals surface area (Å²) in [7, 11) is -1.92. The quantitative estimate of drug-likeness (QED) is 0.237. The molecule has 0 amide bonds. The molecule has 0 saturated carbocycles. The minimum Gasteiger partial charge on any atom is -0.414 e. The van der Waals surface area contributed by atoms with Gasteiger partial charge < -0.3 is 24.5 Å². The van der Waals surface area contributed by atoms with Crippen molar-refractivity contribution in [3.63, 3.8) is 0 Å². The Kier molecular flexibility index (Phi) is 8.31. The van der Waals surface area contributed by atoms with Crippen LogP contribution >= 0.6 is 22.6 Å². The third-order valence-electron chi connectivity index (χ3n) is 3.76. The van der Waals surface area contributed by atoms with Crippen molar-refractivity contribution in [1.82, 2.24) is 0 Å². The highest BCUT2D eigenvalue weighted by Crippen LogP contribution is 2.36. The maximum Gasteiger partial charge on any atom is 0.192 e. The lowest BCUT2D eigenvalue weighted by molar-refractivity contribution is -0.215. The van der Waals surface area contributed by atoms with E-state index >= 15 is 0 Å². The van der Waals surface area contributed by atoms with Crippen molar-refractivity contribution in [1.29, 1.82) is 0 Å². The minimum atomic E-state index is -1.92. The molecule has 0 saturated heterocycles. The van der Waals surface area contributed by atoms with Crippen LogP contribution in [0, 0.1) is 0 Å². The van der Waals surface area contributed by atoms with Gasteiger partial charge in [0.15, 0.2) is 14.1 Å². The summed E-state index contributed by atoms with van der Waals surface area (Å²) in [6.07, 6.45) is -1.41. The van der Waals surface area contributed by atoms with E-state index in [-0.39, 0.29) is 22.2 Å². The molecule has 0 aromatic carbocycles. The van der Waals surface area contributed by atoms with Gasteiger partial charge in [0.05, 0.1) is 29.3 Å². The molecule has 0 spiro atoms. The summed E-state index contributed by atoms with van der Waals surface area (Å²) in [6, 6.07) is 0. The Balaban J connectivity index is 4.61. The number of aliphatic hydroxyl groups is 3. The zero-order valence-electron chi connectivity index (χ0n) is 14.2. The molecular weight excluding hydrogens is 403 g/mol. The van der Waals surface area contributed by atoms with Crippen LogP contribution in [0.1, 0.15) is 34.6 Å². The Morgan fingerprint density at radius 1 is 1.14 bits per heavy atom. The average Bonchev–Trinajstić information content (AvgIpc) is 2.29. The smallest absolute Gasteiger partial charge is 0.192 e. The molecule has 128 valence electrons. The van der Waals surface area contributed by atoms with E-state index in [9.17, 15) is 15.3 Å². The standard InChI is InChI=1S/C14H31IO5Si/c1-13(2,3)21(6,7)19-9-10(17)12(15)11(8-16)20-14(4,5)18/h10-12,16-18H,8-9H2,1-7H3/t10-,11?,12?/m0/s1. The van der Waals surface area contributed by atoms with Gasteiger partial charge in [0.2, 0.25) is 0 Å². The minimum absolute atomic E-state index is 0.0768. The van der Waals surface area contributed by atoms with E-state index in [1.54, 1.807) is 0 Å². The molecule has 0 fully saturated rings. The van der Waals surface area contributed by atoms with Crippen molar-refractivity contribution in [2.24, 2.45) is 0 Å². The Labute approximate surface area is 143 Å². The van der Waals surface area contributed by atoms with E-state index in [2.05, 4.69) is 33.9 Å².